The number of morpholine rings is 1. The molecule has 0 aliphatic carbocycles. The zero-order valence-corrected chi connectivity index (χ0v) is 18.2. The molecule has 0 radical (unpaired) electrons. The molecule has 0 unspecified atom stereocenters. The van der Waals surface area contributed by atoms with Crippen molar-refractivity contribution in [3.05, 3.63) is 59.9 Å². The molecule has 13 heteroatoms. The summed E-state index contributed by atoms with van der Waals surface area (Å²) in [5.41, 5.74) is -0.897. The number of hydrogen-bond acceptors (Lipinski definition) is 7. The first-order chi connectivity index (χ1) is 16.1. The lowest BCUT2D eigenvalue weighted by atomic mass is 10.0. The molecular weight excluding hydrogens is 458 g/mol. The molecule has 0 spiro atoms. The molecule has 1 N–H and O–H groups in total. The minimum Gasteiger partial charge on any atom is -0.372 e. The highest BCUT2D eigenvalue weighted by atomic mass is 19.4. The van der Waals surface area contributed by atoms with Gasteiger partial charge in [0.1, 0.15) is 11.6 Å². The Balaban J connectivity index is 1.58. The number of alkyl halides is 3. The Kier molecular flexibility index (Phi) is 6.46. The fourth-order valence-electron chi connectivity index (χ4n) is 3.78. The quantitative estimate of drug-likeness (QED) is 0.562. The van der Waals surface area contributed by atoms with Crippen LogP contribution in [-0.4, -0.2) is 67.1 Å². The maximum Gasteiger partial charge on any atom is 0.417 e. The number of nitrogens with one attached hydrogen (secondary N) is 1. The van der Waals surface area contributed by atoms with Crippen molar-refractivity contribution in [2.75, 3.05) is 18.4 Å². The van der Waals surface area contributed by atoms with Crippen LogP contribution in [-0.2, 0) is 10.9 Å². The molecule has 1 saturated heterocycles. The number of pyridine rings is 2. The van der Waals surface area contributed by atoms with Gasteiger partial charge in [-0.3, -0.25) is 4.79 Å². The van der Waals surface area contributed by atoms with E-state index in [0.29, 0.717) is 0 Å². The number of hydrogen-bond donors (Lipinski definition) is 1. The molecule has 0 bridgehead atoms. The second-order valence-electron chi connectivity index (χ2n) is 7.83. The van der Waals surface area contributed by atoms with E-state index in [4.69, 9.17) is 4.74 Å². The second-order valence-corrected chi connectivity index (χ2v) is 7.83. The van der Waals surface area contributed by atoms with Crippen LogP contribution in [0.4, 0.5) is 23.4 Å². The van der Waals surface area contributed by atoms with Crippen LogP contribution < -0.4 is 5.32 Å². The van der Waals surface area contributed by atoms with Gasteiger partial charge in [0.25, 0.3) is 5.91 Å². The van der Waals surface area contributed by atoms with Crippen molar-refractivity contribution in [2.24, 2.45) is 0 Å². The van der Waals surface area contributed by atoms with E-state index in [1.54, 1.807) is 13.8 Å². The molecule has 1 fully saturated rings. The van der Waals surface area contributed by atoms with Gasteiger partial charge in [0.05, 0.1) is 48.0 Å². The lowest BCUT2D eigenvalue weighted by molar-refractivity contribution is -0.137. The second kappa shape index (κ2) is 9.33. The average Bonchev–Trinajstić information content (AvgIpc) is 3.32. The number of halogens is 4. The van der Waals surface area contributed by atoms with Crippen molar-refractivity contribution < 1.29 is 27.1 Å². The van der Waals surface area contributed by atoms with Gasteiger partial charge in [-0.15, -0.1) is 4.80 Å². The average molecular weight is 479 g/mol. The van der Waals surface area contributed by atoms with Crippen molar-refractivity contribution in [1.29, 1.82) is 0 Å². The molecule has 1 aliphatic rings. The number of aromatic nitrogens is 5. The Morgan fingerprint density at radius 3 is 2.56 bits per heavy atom. The van der Waals surface area contributed by atoms with Crippen molar-refractivity contribution >= 4 is 11.7 Å². The summed E-state index contributed by atoms with van der Waals surface area (Å²) in [6.45, 7) is 3.93. The Bertz CT molecular complexity index is 1140. The summed E-state index contributed by atoms with van der Waals surface area (Å²) in [6.07, 6.45) is -0.707. The van der Waals surface area contributed by atoms with E-state index < -0.39 is 35.6 Å². The van der Waals surface area contributed by atoms with Gasteiger partial charge in [-0.25, -0.2) is 14.4 Å². The van der Waals surface area contributed by atoms with Crippen LogP contribution in [0.5, 0.6) is 0 Å². The molecule has 0 saturated carbocycles. The van der Waals surface area contributed by atoms with Crippen LogP contribution >= 0.6 is 0 Å². The van der Waals surface area contributed by atoms with E-state index in [2.05, 4.69) is 25.5 Å². The van der Waals surface area contributed by atoms with Gasteiger partial charge in [0, 0.05) is 19.3 Å². The molecule has 4 heterocycles. The Morgan fingerprint density at radius 1 is 1.18 bits per heavy atom. The van der Waals surface area contributed by atoms with Gasteiger partial charge in [-0.05, 0) is 32.0 Å². The number of ether oxygens (including phenoxy) is 1. The molecule has 9 nitrogen and oxygen atoms in total. The third kappa shape index (κ3) is 4.98. The van der Waals surface area contributed by atoms with Crippen molar-refractivity contribution in [1.82, 2.24) is 29.9 Å². The summed E-state index contributed by atoms with van der Waals surface area (Å²) in [5.74, 6) is -0.926. The lowest BCUT2D eigenvalue weighted by Crippen LogP contribution is -2.58. The fourth-order valence-corrected chi connectivity index (χ4v) is 3.78. The van der Waals surface area contributed by atoms with Crippen LogP contribution in [0.2, 0.25) is 0 Å². The van der Waals surface area contributed by atoms with E-state index in [1.165, 1.54) is 23.4 Å². The predicted octanol–water partition coefficient (Wildman–Crippen LogP) is 2.95. The van der Waals surface area contributed by atoms with Gasteiger partial charge in [0.2, 0.25) is 0 Å². The molecule has 180 valence electrons. The SMILES string of the molecule is C[C@@H]1CN(C(=O)c2cc(F)cnc2-n2nccn2)[C@H](CNc2ccc(C(F)(F)F)cn2)[C@H](C)O1. The summed E-state index contributed by atoms with van der Waals surface area (Å²) in [5, 5.41) is 10.9. The lowest BCUT2D eigenvalue weighted by Gasteiger charge is -2.43. The first kappa shape index (κ1) is 23.5. The van der Waals surface area contributed by atoms with E-state index in [1.807, 2.05) is 0 Å². The molecular formula is C21H21F4N7O2. The third-order valence-electron chi connectivity index (χ3n) is 5.36. The van der Waals surface area contributed by atoms with Gasteiger partial charge in [-0.1, -0.05) is 0 Å². The first-order valence-corrected chi connectivity index (χ1v) is 10.4. The molecule has 1 aliphatic heterocycles. The van der Waals surface area contributed by atoms with Gasteiger partial charge in [0.15, 0.2) is 5.82 Å². The monoisotopic (exact) mass is 479 g/mol. The van der Waals surface area contributed by atoms with E-state index in [9.17, 15) is 22.4 Å². The molecule has 1 amide bonds. The van der Waals surface area contributed by atoms with E-state index >= 15 is 0 Å². The van der Waals surface area contributed by atoms with E-state index in [0.717, 1.165) is 29.3 Å². The standard InChI is InChI=1S/C21H21F4N7O2/c1-12-11-31(20(33)16-7-15(22)9-28-19(16)32-29-5-6-30-32)17(13(2)34-12)10-27-18-4-3-14(8-26-18)21(23,24)25/h3-9,12-13,17H,10-11H2,1-2H3,(H,26,27)/t12-,13+,17-/m1/s1. The molecule has 3 aromatic rings. The van der Waals surface area contributed by atoms with Crippen LogP contribution in [0.25, 0.3) is 5.82 Å². The Labute approximate surface area is 191 Å². The highest BCUT2D eigenvalue weighted by Gasteiger charge is 2.37. The zero-order valence-electron chi connectivity index (χ0n) is 18.2. The number of carbonyl (C=O) groups excluding carboxylic acids is 1. The summed E-state index contributed by atoms with van der Waals surface area (Å²) in [4.78, 5) is 24.0. The van der Waals surface area contributed by atoms with Crippen molar-refractivity contribution in [3.8, 4) is 5.82 Å². The van der Waals surface area contributed by atoms with Crippen molar-refractivity contribution in [3.63, 3.8) is 0 Å². The predicted molar refractivity (Wildman–Crippen MR) is 112 cm³/mol. The van der Waals surface area contributed by atoms with Gasteiger partial charge < -0.3 is 15.0 Å². The third-order valence-corrected chi connectivity index (χ3v) is 5.36. The van der Waals surface area contributed by atoms with Crippen LogP contribution in [0.1, 0.15) is 29.8 Å². The smallest absolute Gasteiger partial charge is 0.372 e. The highest BCUT2D eigenvalue weighted by Crippen LogP contribution is 2.29. The van der Waals surface area contributed by atoms with Crippen LogP contribution in [0, 0.1) is 5.82 Å². The maximum absolute atomic E-state index is 14.0. The topological polar surface area (TPSA) is 98.1 Å². The number of carbonyl (C=O) groups is 1. The minimum absolute atomic E-state index is 0.0323. The molecule has 4 rings (SSSR count). The first-order valence-electron chi connectivity index (χ1n) is 10.4. The van der Waals surface area contributed by atoms with Crippen LogP contribution in [0.3, 0.4) is 0 Å². The number of amides is 1. The minimum atomic E-state index is -4.49. The number of anilines is 1. The molecule has 3 aromatic heterocycles. The van der Waals surface area contributed by atoms with Crippen molar-refractivity contribution in [2.45, 2.75) is 38.3 Å². The molecule has 3 atom stereocenters. The van der Waals surface area contributed by atoms with Gasteiger partial charge >= 0.3 is 6.18 Å². The molecule has 0 aromatic carbocycles. The number of nitrogens with zero attached hydrogens (tertiary/aromatic N) is 6. The van der Waals surface area contributed by atoms with Gasteiger partial charge in [-0.2, -0.15) is 23.4 Å². The molecule has 34 heavy (non-hydrogen) atoms. The fraction of sp³-hybridized carbons (Fsp3) is 0.381. The summed E-state index contributed by atoms with van der Waals surface area (Å²) in [7, 11) is 0. The Hall–Kier alpha value is -3.61. The zero-order chi connectivity index (χ0) is 24.5. The number of rotatable bonds is 5. The largest absolute Gasteiger partial charge is 0.417 e. The normalized spacial score (nSPS) is 20.9. The summed E-state index contributed by atoms with van der Waals surface area (Å²) < 4.78 is 58.3. The summed E-state index contributed by atoms with van der Waals surface area (Å²) >= 11 is 0. The Morgan fingerprint density at radius 2 is 1.91 bits per heavy atom. The maximum atomic E-state index is 14.0. The highest BCUT2D eigenvalue weighted by molar-refractivity contribution is 5.97. The van der Waals surface area contributed by atoms with Crippen LogP contribution in [0.15, 0.2) is 43.0 Å². The van der Waals surface area contributed by atoms with E-state index in [-0.39, 0.29) is 36.4 Å². The summed E-state index contributed by atoms with van der Waals surface area (Å²) in [6, 6.07) is 2.67.